The minimum atomic E-state index is -1.27. The van der Waals surface area contributed by atoms with E-state index in [9.17, 15) is 14.7 Å². The van der Waals surface area contributed by atoms with E-state index in [0.717, 1.165) is 25.5 Å². The van der Waals surface area contributed by atoms with Crippen LogP contribution in [0.25, 0.3) is 16.2 Å². The molecule has 1 aliphatic rings. The molecule has 0 radical (unpaired) electrons. The smallest absolute Gasteiger partial charge is 0.341 e. The topological polar surface area (TPSA) is 112 Å². The largest absolute Gasteiger partial charge is 0.477 e. The Morgan fingerprint density at radius 3 is 2.83 bits per heavy atom. The Balaban J connectivity index is 1.74. The van der Waals surface area contributed by atoms with Crippen LogP contribution in [0.4, 0.5) is 5.82 Å². The van der Waals surface area contributed by atoms with E-state index >= 15 is 0 Å². The van der Waals surface area contributed by atoms with Gasteiger partial charge in [0.2, 0.25) is 5.43 Å². The molecule has 0 saturated carbocycles. The number of hydrogen-bond donors (Lipinski definition) is 3. The lowest BCUT2D eigenvalue weighted by Gasteiger charge is -2.41. The minimum Gasteiger partial charge on any atom is -0.477 e. The van der Waals surface area contributed by atoms with E-state index in [1.807, 2.05) is 13.0 Å². The van der Waals surface area contributed by atoms with Crippen LogP contribution >= 0.6 is 23.6 Å². The second kappa shape index (κ2) is 8.00. The summed E-state index contributed by atoms with van der Waals surface area (Å²) >= 11 is 6.57. The molecule has 1 aliphatic heterocycles. The van der Waals surface area contributed by atoms with Crippen molar-refractivity contribution in [2.75, 3.05) is 24.5 Å². The molecule has 3 aromatic heterocycles. The fourth-order valence-electron chi connectivity index (χ4n) is 3.43. The first-order valence-corrected chi connectivity index (χ1v) is 10.7. The van der Waals surface area contributed by atoms with Gasteiger partial charge in [0.15, 0.2) is 15.9 Å². The Kier molecular flexibility index (Phi) is 5.39. The lowest BCUT2D eigenvalue weighted by molar-refractivity contribution is 0.0695. The number of thiazole rings is 1. The van der Waals surface area contributed by atoms with E-state index in [-0.39, 0.29) is 17.0 Å². The first kappa shape index (κ1) is 20.2. The fraction of sp³-hybridized carbons (Fsp3) is 0.316. The molecule has 0 atom stereocenters. The maximum Gasteiger partial charge on any atom is 0.341 e. The number of carbonyl (C=O) groups is 1. The molecule has 4 rings (SSSR count). The minimum absolute atomic E-state index is 0.213. The van der Waals surface area contributed by atoms with E-state index in [4.69, 9.17) is 17.2 Å². The van der Waals surface area contributed by atoms with E-state index < -0.39 is 11.4 Å². The van der Waals surface area contributed by atoms with Crippen molar-refractivity contribution in [2.24, 2.45) is 0 Å². The number of aromatic carboxylic acids is 1. The molecule has 0 unspecified atom stereocenters. The second-order valence-corrected chi connectivity index (χ2v) is 8.24. The zero-order valence-electron chi connectivity index (χ0n) is 16.4. The van der Waals surface area contributed by atoms with Crippen molar-refractivity contribution in [3.05, 3.63) is 45.2 Å². The highest BCUT2D eigenvalue weighted by atomic mass is 32.1. The van der Waals surface area contributed by atoms with Gasteiger partial charge in [0.05, 0.1) is 11.4 Å². The van der Waals surface area contributed by atoms with Crippen molar-refractivity contribution in [2.45, 2.75) is 19.9 Å². The maximum absolute atomic E-state index is 12.8. The predicted molar refractivity (Wildman–Crippen MR) is 120 cm³/mol. The van der Waals surface area contributed by atoms with E-state index in [1.54, 1.807) is 23.1 Å². The lowest BCUT2D eigenvalue weighted by atomic mass is 10.1. The molecule has 9 nitrogen and oxygen atoms in total. The zero-order chi connectivity index (χ0) is 21.4. The molecule has 0 bridgehead atoms. The van der Waals surface area contributed by atoms with Gasteiger partial charge in [-0.05, 0) is 37.7 Å². The first-order chi connectivity index (χ1) is 14.4. The number of rotatable bonds is 5. The van der Waals surface area contributed by atoms with Gasteiger partial charge in [-0.3, -0.25) is 9.36 Å². The molecule has 1 fully saturated rings. The summed E-state index contributed by atoms with van der Waals surface area (Å²) < 4.78 is 1.58. The van der Waals surface area contributed by atoms with Crippen molar-refractivity contribution in [1.82, 2.24) is 25.2 Å². The SMILES string of the molecule is CCNC(=S)NC1CN(c2cc(C)c3c(=O)c(C(=O)O)cn(-c4nccs4)c3n2)C1. The number of carboxylic acids is 1. The number of anilines is 1. The molecule has 0 spiro atoms. The molecule has 4 heterocycles. The van der Waals surface area contributed by atoms with E-state index in [0.29, 0.717) is 21.5 Å². The molecule has 3 aromatic rings. The Bertz CT molecular complexity index is 1190. The number of carboxylic acid groups (broad SMARTS) is 1. The van der Waals surface area contributed by atoms with Crippen LogP contribution in [0, 0.1) is 6.92 Å². The molecule has 0 aromatic carbocycles. The van der Waals surface area contributed by atoms with E-state index in [2.05, 4.69) is 20.5 Å². The van der Waals surface area contributed by atoms with Crippen molar-refractivity contribution < 1.29 is 9.90 Å². The number of thiocarbonyl (C=S) groups is 1. The van der Waals surface area contributed by atoms with Crippen molar-refractivity contribution >= 4 is 51.5 Å². The quantitative estimate of drug-likeness (QED) is 0.504. The zero-order valence-corrected chi connectivity index (χ0v) is 18.0. The summed E-state index contributed by atoms with van der Waals surface area (Å²) in [6.07, 6.45) is 2.93. The van der Waals surface area contributed by atoms with Crippen LogP contribution in [-0.2, 0) is 0 Å². The molecule has 30 heavy (non-hydrogen) atoms. The summed E-state index contributed by atoms with van der Waals surface area (Å²) in [6.45, 7) is 5.99. The fourth-order valence-corrected chi connectivity index (χ4v) is 4.36. The summed E-state index contributed by atoms with van der Waals surface area (Å²) in [5.41, 5.74) is 0.226. The van der Waals surface area contributed by atoms with Crippen LogP contribution in [0.3, 0.4) is 0 Å². The summed E-state index contributed by atoms with van der Waals surface area (Å²) in [5.74, 6) is -0.552. The third-order valence-electron chi connectivity index (χ3n) is 4.88. The standard InChI is InChI=1S/C19H20N6O3S2/c1-3-20-18(29)22-11-7-24(8-11)13-6-10(2)14-15(26)12(17(27)28)9-25(16(14)23-13)19-21-4-5-30-19/h4-6,9,11H,3,7-8H2,1-2H3,(H,27,28)(H2,20,22,29). The number of pyridine rings is 2. The van der Waals surface area contributed by atoms with Crippen LogP contribution < -0.4 is 21.0 Å². The summed E-state index contributed by atoms with van der Waals surface area (Å²) in [7, 11) is 0. The summed E-state index contributed by atoms with van der Waals surface area (Å²) in [6, 6.07) is 2.03. The summed E-state index contributed by atoms with van der Waals surface area (Å²) in [5, 5.41) is 19.1. The van der Waals surface area contributed by atoms with Gasteiger partial charge in [0, 0.05) is 37.4 Å². The highest BCUT2D eigenvalue weighted by Gasteiger charge is 2.29. The van der Waals surface area contributed by atoms with Crippen molar-refractivity contribution in [3.63, 3.8) is 0 Å². The molecule has 0 aliphatic carbocycles. The van der Waals surface area contributed by atoms with Crippen LogP contribution in [0.15, 0.2) is 28.6 Å². The average molecular weight is 445 g/mol. The van der Waals surface area contributed by atoms with Gasteiger partial charge in [-0.25, -0.2) is 14.8 Å². The predicted octanol–water partition coefficient (Wildman–Crippen LogP) is 1.52. The number of nitrogens with zero attached hydrogens (tertiary/aromatic N) is 4. The van der Waals surface area contributed by atoms with Gasteiger partial charge >= 0.3 is 5.97 Å². The molecular weight excluding hydrogens is 424 g/mol. The third-order valence-corrected chi connectivity index (χ3v) is 5.91. The van der Waals surface area contributed by atoms with E-state index in [1.165, 1.54) is 17.5 Å². The second-order valence-electron chi connectivity index (χ2n) is 6.96. The Labute approximate surface area is 181 Å². The van der Waals surface area contributed by atoms with Crippen LogP contribution in [-0.4, -0.2) is 56.4 Å². The number of aromatic nitrogens is 3. The molecule has 3 N–H and O–H groups in total. The third kappa shape index (κ3) is 3.61. The van der Waals surface area contributed by atoms with Crippen molar-refractivity contribution in [1.29, 1.82) is 0 Å². The maximum atomic E-state index is 12.8. The number of hydrogen-bond acceptors (Lipinski definition) is 7. The van der Waals surface area contributed by atoms with Gasteiger partial charge in [-0.2, -0.15) is 0 Å². The van der Waals surface area contributed by atoms with Gasteiger partial charge in [-0.1, -0.05) is 0 Å². The number of fused-ring (bicyclic) bond motifs is 1. The first-order valence-electron chi connectivity index (χ1n) is 9.38. The summed E-state index contributed by atoms with van der Waals surface area (Å²) in [4.78, 5) is 35.5. The number of nitrogens with one attached hydrogen (secondary N) is 2. The molecule has 156 valence electrons. The van der Waals surface area contributed by atoms with Gasteiger partial charge in [0.1, 0.15) is 11.4 Å². The normalized spacial score (nSPS) is 13.9. The molecule has 0 amide bonds. The van der Waals surface area contributed by atoms with Gasteiger partial charge in [-0.15, -0.1) is 11.3 Å². The van der Waals surface area contributed by atoms with Crippen LogP contribution in [0.1, 0.15) is 22.8 Å². The van der Waals surface area contributed by atoms with Crippen LogP contribution in [0.2, 0.25) is 0 Å². The Morgan fingerprint density at radius 1 is 1.43 bits per heavy atom. The van der Waals surface area contributed by atoms with Crippen molar-refractivity contribution in [3.8, 4) is 5.13 Å². The monoisotopic (exact) mass is 444 g/mol. The Morgan fingerprint density at radius 2 is 2.20 bits per heavy atom. The highest BCUT2D eigenvalue weighted by Crippen LogP contribution is 2.26. The van der Waals surface area contributed by atoms with Crippen LogP contribution in [0.5, 0.6) is 0 Å². The lowest BCUT2D eigenvalue weighted by Crippen LogP contribution is -2.61. The molecule has 11 heteroatoms. The molecule has 1 saturated heterocycles. The number of aryl methyl sites for hydroxylation is 1. The Hall–Kier alpha value is -3.05. The highest BCUT2D eigenvalue weighted by molar-refractivity contribution is 7.80. The van der Waals surface area contributed by atoms with Gasteiger partial charge in [0.25, 0.3) is 0 Å². The average Bonchev–Trinajstić information content (AvgIpc) is 3.18. The molecular formula is C19H20N6O3S2. The van der Waals surface area contributed by atoms with Gasteiger partial charge < -0.3 is 20.6 Å².